The van der Waals surface area contributed by atoms with E-state index in [4.69, 9.17) is 0 Å². The van der Waals surface area contributed by atoms with E-state index >= 15 is 0 Å². The van der Waals surface area contributed by atoms with Crippen LogP contribution >= 0.6 is 31.9 Å². The number of hydrogen-bond donors (Lipinski definition) is 4. The van der Waals surface area contributed by atoms with Crippen LogP contribution in [0.5, 0.6) is 11.5 Å². The van der Waals surface area contributed by atoms with Gasteiger partial charge in [0, 0.05) is 16.5 Å². The summed E-state index contributed by atoms with van der Waals surface area (Å²) in [6.45, 7) is 0. The molecule has 130 valence electrons. The van der Waals surface area contributed by atoms with Crippen LogP contribution in [-0.2, 0) is 0 Å². The van der Waals surface area contributed by atoms with Crippen LogP contribution in [0.25, 0.3) is 22.1 Å². The van der Waals surface area contributed by atoms with Gasteiger partial charge in [-0.2, -0.15) is 10.1 Å². The number of hydrogen-bond acceptors (Lipinski definition) is 7. The molecule has 8 nitrogen and oxygen atoms in total. The van der Waals surface area contributed by atoms with Crippen molar-refractivity contribution >= 4 is 66.1 Å². The smallest absolute Gasteiger partial charge is 0.265 e. The van der Waals surface area contributed by atoms with Gasteiger partial charge in [-0.25, -0.2) is 5.43 Å². The summed E-state index contributed by atoms with van der Waals surface area (Å²) in [7, 11) is 0. The Morgan fingerprint density at radius 1 is 1.12 bits per heavy atom. The average Bonchev–Trinajstić information content (AvgIpc) is 3.02. The van der Waals surface area contributed by atoms with Crippen LogP contribution in [0, 0.1) is 0 Å². The van der Waals surface area contributed by atoms with E-state index < -0.39 is 0 Å². The molecule has 0 aliphatic carbocycles. The topological polar surface area (TPSA) is 119 Å². The van der Waals surface area contributed by atoms with Gasteiger partial charge in [0.2, 0.25) is 0 Å². The molecular formula is C16H10Br2N6O2. The first-order valence-corrected chi connectivity index (χ1v) is 8.93. The van der Waals surface area contributed by atoms with Gasteiger partial charge in [-0.05, 0) is 44.0 Å². The van der Waals surface area contributed by atoms with Gasteiger partial charge in [-0.3, -0.25) is 0 Å². The SMILES string of the molecule is Oc1c(Br)cc(C=NNc2nnc3c(n2)[nH]c2ccccc23)c(O)c1Br. The molecule has 2 aromatic heterocycles. The molecule has 0 aliphatic heterocycles. The molecule has 0 fully saturated rings. The number of fused-ring (bicyclic) bond motifs is 3. The molecule has 2 heterocycles. The highest BCUT2D eigenvalue weighted by Gasteiger charge is 2.13. The van der Waals surface area contributed by atoms with Gasteiger partial charge in [0.15, 0.2) is 5.65 Å². The molecule has 0 saturated carbocycles. The van der Waals surface area contributed by atoms with Crippen LogP contribution in [0.1, 0.15) is 5.56 Å². The lowest BCUT2D eigenvalue weighted by atomic mass is 10.2. The number of phenols is 2. The Morgan fingerprint density at radius 3 is 2.77 bits per heavy atom. The Balaban J connectivity index is 1.62. The van der Waals surface area contributed by atoms with Crippen molar-refractivity contribution in [3.8, 4) is 11.5 Å². The highest BCUT2D eigenvalue weighted by Crippen LogP contribution is 2.40. The first-order valence-electron chi connectivity index (χ1n) is 7.34. The van der Waals surface area contributed by atoms with Crippen molar-refractivity contribution in [3.63, 3.8) is 0 Å². The lowest BCUT2D eigenvalue weighted by Crippen LogP contribution is -1.99. The second-order valence-electron chi connectivity index (χ2n) is 5.33. The third-order valence-electron chi connectivity index (χ3n) is 3.69. The Hall–Kier alpha value is -2.72. The average molecular weight is 478 g/mol. The van der Waals surface area contributed by atoms with Crippen molar-refractivity contribution in [1.29, 1.82) is 0 Å². The van der Waals surface area contributed by atoms with Crippen molar-refractivity contribution < 1.29 is 10.2 Å². The number of nitrogens with zero attached hydrogens (tertiary/aromatic N) is 4. The molecule has 2 aromatic carbocycles. The van der Waals surface area contributed by atoms with Gasteiger partial charge in [0.1, 0.15) is 21.5 Å². The van der Waals surface area contributed by atoms with Crippen LogP contribution in [0.15, 0.2) is 44.4 Å². The highest BCUT2D eigenvalue weighted by atomic mass is 79.9. The van der Waals surface area contributed by atoms with Crippen LogP contribution in [0.2, 0.25) is 0 Å². The summed E-state index contributed by atoms with van der Waals surface area (Å²) in [6, 6.07) is 9.26. The van der Waals surface area contributed by atoms with Crippen molar-refractivity contribution in [2.45, 2.75) is 0 Å². The van der Waals surface area contributed by atoms with E-state index in [1.54, 1.807) is 0 Å². The van der Waals surface area contributed by atoms with E-state index in [0.717, 1.165) is 10.9 Å². The minimum absolute atomic E-state index is 0.0931. The number of hydrazone groups is 1. The predicted molar refractivity (Wildman–Crippen MR) is 106 cm³/mol. The number of phenolic OH excluding ortho intramolecular Hbond substituents is 2. The van der Waals surface area contributed by atoms with Crippen LogP contribution in [0.4, 0.5) is 5.95 Å². The first-order chi connectivity index (χ1) is 12.5. The molecule has 0 amide bonds. The maximum Gasteiger partial charge on any atom is 0.265 e. The normalized spacial score (nSPS) is 11.6. The molecule has 0 unspecified atom stereocenters. The van der Waals surface area contributed by atoms with Gasteiger partial charge in [-0.1, -0.05) is 18.2 Å². The summed E-state index contributed by atoms with van der Waals surface area (Å²) in [5.74, 6) is -0.0255. The van der Waals surface area contributed by atoms with E-state index in [2.05, 4.69) is 62.6 Å². The summed E-state index contributed by atoms with van der Waals surface area (Å²) in [4.78, 5) is 7.51. The number of aromatic hydroxyl groups is 2. The summed E-state index contributed by atoms with van der Waals surface area (Å²) < 4.78 is 0.590. The quantitative estimate of drug-likeness (QED) is 0.262. The fourth-order valence-corrected chi connectivity index (χ4v) is 3.60. The van der Waals surface area contributed by atoms with Crippen molar-refractivity contribution in [2.24, 2.45) is 5.10 Å². The van der Waals surface area contributed by atoms with Crippen LogP contribution < -0.4 is 5.43 Å². The highest BCUT2D eigenvalue weighted by molar-refractivity contribution is 9.11. The fourth-order valence-electron chi connectivity index (χ4n) is 2.44. The zero-order chi connectivity index (χ0) is 18.3. The first kappa shape index (κ1) is 16.7. The predicted octanol–water partition coefficient (Wildman–Crippen LogP) is 3.89. The Morgan fingerprint density at radius 2 is 1.92 bits per heavy atom. The summed E-state index contributed by atoms with van der Waals surface area (Å²) in [5, 5.41) is 32.9. The number of aromatic amines is 1. The second kappa shape index (κ2) is 6.54. The van der Waals surface area contributed by atoms with Crippen molar-refractivity contribution in [2.75, 3.05) is 5.43 Å². The summed E-state index contributed by atoms with van der Waals surface area (Å²) in [6.07, 6.45) is 1.38. The summed E-state index contributed by atoms with van der Waals surface area (Å²) in [5.41, 5.74) is 5.25. The molecule has 0 spiro atoms. The molecule has 4 N–H and O–H groups in total. The molecular weight excluding hydrogens is 468 g/mol. The number of rotatable bonds is 3. The van der Waals surface area contributed by atoms with E-state index in [9.17, 15) is 10.2 Å². The van der Waals surface area contributed by atoms with Gasteiger partial charge in [0.25, 0.3) is 5.95 Å². The molecule has 0 radical (unpaired) electrons. The maximum atomic E-state index is 10.0. The lowest BCUT2D eigenvalue weighted by Gasteiger charge is -2.06. The molecule has 4 aromatic rings. The van der Waals surface area contributed by atoms with Gasteiger partial charge >= 0.3 is 0 Å². The van der Waals surface area contributed by atoms with E-state index in [1.807, 2.05) is 24.3 Å². The zero-order valence-electron chi connectivity index (χ0n) is 12.9. The third kappa shape index (κ3) is 2.86. The summed E-state index contributed by atoms with van der Waals surface area (Å²) >= 11 is 6.31. The van der Waals surface area contributed by atoms with Crippen LogP contribution in [-0.4, -0.2) is 36.6 Å². The van der Waals surface area contributed by atoms with Crippen LogP contribution in [0.3, 0.4) is 0 Å². The van der Waals surface area contributed by atoms with E-state index in [-0.39, 0.29) is 21.9 Å². The largest absolute Gasteiger partial charge is 0.506 e. The number of para-hydroxylation sites is 1. The molecule has 0 atom stereocenters. The molecule has 0 aliphatic rings. The standard InChI is InChI=1S/C16H10Br2N6O2/c17-9-5-7(13(25)11(18)14(9)26)6-19-23-16-21-15-12(22-24-16)8-3-1-2-4-10(8)20-15/h1-6,25-26H,(H2,20,21,23,24). The second-order valence-corrected chi connectivity index (χ2v) is 6.98. The number of aromatic nitrogens is 4. The van der Waals surface area contributed by atoms with E-state index in [1.165, 1.54) is 12.3 Å². The molecule has 26 heavy (non-hydrogen) atoms. The fraction of sp³-hybridized carbons (Fsp3) is 0. The van der Waals surface area contributed by atoms with Gasteiger partial charge < -0.3 is 15.2 Å². The minimum atomic E-state index is -0.138. The molecule has 0 bridgehead atoms. The van der Waals surface area contributed by atoms with Gasteiger partial charge in [-0.15, -0.1) is 10.2 Å². The van der Waals surface area contributed by atoms with Crippen molar-refractivity contribution in [3.05, 3.63) is 44.8 Å². The molecule has 0 saturated heterocycles. The minimum Gasteiger partial charge on any atom is -0.506 e. The van der Waals surface area contributed by atoms with Crippen molar-refractivity contribution in [1.82, 2.24) is 20.2 Å². The van der Waals surface area contributed by atoms with Gasteiger partial charge in [0.05, 0.1) is 10.7 Å². The number of halogens is 2. The Bertz CT molecular complexity index is 1170. The third-order valence-corrected chi connectivity index (χ3v) is 5.04. The molecule has 4 rings (SSSR count). The monoisotopic (exact) mass is 476 g/mol. The zero-order valence-corrected chi connectivity index (χ0v) is 16.1. The Labute approximate surface area is 163 Å². The number of H-pyrrole nitrogens is 1. The van der Waals surface area contributed by atoms with E-state index in [0.29, 0.717) is 21.2 Å². The number of benzene rings is 2. The Kier molecular flexibility index (Phi) is 4.21. The number of nitrogens with one attached hydrogen (secondary N) is 2. The maximum absolute atomic E-state index is 10.0. The molecule has 10 heteroatoms. The lowest BCUT2D eigenvalue weighted by molar-refractivity contribution is 0.442. The number of anilines is 1.